The molecule has 148 valence electrons. The Bertz CT molecular complexity index is 833. The van der Waals surface area contributed by atoms with E-state index in [0.717, 1.165) is 0 Å². The number of anilines is 2. The van der Waals surface area contributed by atoms with Crippen molar-refractivity contribution in [3.05, 3.63) is 54.1 Å². The minimum atomic E-state index is -0.545. The first-order valence-electron chi connectivity index (χ1n) is 9.03. The molecule has 28 heavy (non-hydrogen) atoms. The van der Waals surface area contributed by atoms with Crippen molar-refractivity contribution in [3.8, 4) is 5.75 Å². The van der Waals surface area contributed by atoms with Gasteiger partial charge in [-0.05, 0) is 50.2 Å². The molecule has 0 unspecified atom stereocenters. The minimum absolute atomic E-state index is 0.214. The maximum Gasteiger partial charge on any atom is 0.340 e. The first kappa shape index (κ1) is 21.0. The first-order valence-corrected chi connectivity index (χ1v) is 9.03. The number of benzene rings is 2. The molecule has 2 aromatic carbocycles. The van der Waals surface area contributed by atoms with E-state index in [4.69, 9.17) is 9.47 Å². The molecule has 0 aliphatic heterocycles. The molecule has 0 spiro atoms. The average molecular weight is 384 g/mol. The fraction of sp³-hybridized carbons (Fsp3) is 0.286. The van der Waals surface area contributed by atoms with Crippen molar-refractivity contribution in [3.63, 3.8) is 0 Å². The lowest BCUT2D eigenvalue weighted by Gasteiger charge is -2.23. The zero-order valence-corrected chi connectivity index (χ0v) is 16.2. The van der Waals surface area contributed by atoms with Crippen molar-refractivity contribution in [1.82, 2.24) is 0 Å². The summed E-state index contributed by atoms with van der Waals surface area (Å²) in [4.78, 5) is 38.1. The van der Waals surface area contributed by atoms with Crippen LogP contribution in [0.15, 0.2) is 48.5 Å². The Kier molecular flexibility index (Phi) is 7.56. The molecule has 7 heteroatoms. The van der Waals surface area contributed by atoms with Crippen LogP contribution >= 0.6 is 0 Å². The Balaban J connectivity index is 2.16. The summed E-state index contributed by atoms with van der Waals surface area (Å²) in [5.41, 5.74) is 1.14. The second-order valence-electron chi connectivity index (χ2n) is 5.85. The van der Waals surface area contributed by atoms with Gasteiger partial charge in [0.05, 0.1) is 24.5 Å². The highest BCUT2D eigenvalue weighted by Crippen LogP contribution is 2.22. The predicted octanol–water partition coefficient (Wildman–Crippen LogP) is 3.25. The number of hydrogen-bond acceptors (Lipinski definition) is 5. The van der Waals surface area contributed by atoms with Crippen LogP contribution in [0, 0.1) is 0 Å². The molecule has 0 aliphatic rings. The van der Waals surface area contributed by atoms with Gasteiger partial charge in [-0.1, -0.05) is 12.1 Å². The lowest BCUT2D eigenvalue weighted by Crippen LogP contribution is -2.37. The van der Waals surface area contributed by atoms with Crippen LogP contribution in [0.3, 0.4) is 0 Å². The Morgan fingerprint density at radius 1 is 0.964 bits per heavy atom. The van der Waals surface area contributed by atoms with Gasteiger partial charge < -0.3 is 19.7 Å². The van der Waals surface area contributed by atoms with E-state index < -0.39 is 11.9 Å². The van der Waals surface area contributed by atoms with E-state index in [-0.39, 0.29) is 24.6 Å². The average Bonchev–Trinajstić information content (AvgIpc) is 2.68. The fourth-order valence-electron chi connectivity index (χ4n) is 2.60. The summed E-state index contributed by atoms with van der Waals surface area (Å²) in [6.07, 6.45) is 0. The summed E-state index contributed by atoms with van der Waals surface area (Å²) in [6, 6.07) is 13.5. The number of nitrogens with zero attached hydrogens (tertiary/aromatic N) is 1. The molecule has 2 amide bonds. The van der Waals surface area contributed by atoms with Crippen LogP contribution in [0.2, 0.25) is 0 Å². The molecule has 0 aliphatic carbocycles. The molecule has 0 saturated carbocycles. The Morgan fingerprint density at radius 3 is 2.25 bits per heavy atom. The van der Waals surface area contributed by atoms with E-state index in [1.807, 2.05) is 6.92 Å². The summed E-state index contributed by atoms with van der Waals surface area (Å²) >= 11 is 0. The van der Waals surface area contributed by atoms with Crippen LogP contribution in [0.25, 0.3) is 0 Å². The first-order chi connectivity index (χ1) is 13.5. The number of carbonyl (C=O) groups is 3. The minimum Gasteiger partial charge on any atom is -0.494 e. The molecular formula is C21H24N2O5. The van der Waals surface area contributed by atoms with Crippen LogP contribution in [0.5, 0.6) is 5.75 Å². The fourth-order valence-corrected chi connectivity index (χ4v) is 2.60. The van der Waals surface area contributed by atoms with Crippen molar-refractivity contribution in [2.75, 3.05) is 30.0 Å². The van der Waals surface area contributed by atoms with Gasteiger partial charge in [-0.2, -0.15) is 0 Å². The highest BCUT2D eigenvalue weighted by atomic mass is 16.5. The number of nitrogens with one attached hydrogen (secondary N) is 1. The van der Waals surface area contributed by atoms with Crippen LogP contribution in [-0.2, 0) is 14.3 Å². The molecule has 0 fully saturated rings. The van der Waals surface area contributed by atoms with Crippen molar-refractivity contribution in [2.24, 2.45) is 0 Å². The summed E-state index contributed by atoms with van der Waals surface area (Å²) in [5.74, 6) is -0.595. The molecular weight excluding hydrogens is 360 g/mol. The Morgan fingerprint density at radius 2 is 1.64 bits per heavy atom. The lowest BCUT2D eigenvalue weighted by atomic mass is 10.1. The molecule has 0 aromatic heterocycles. The number of amides is 2. The van der Waals surface area contributed by atoms with Crippen LogP contribution < -0.4 is 15.0 Å². The third-order valence-corrected chi connectivity index (χ3v) is 3.82. The van der Waals surface area contributed by atoms with Crippen molar-refractivity contribution in [2.45, 2.75) is 20.8 Å². The number of carbonyl (C=O) groups excluding carboxylic acids is 3. The standard InChI is InChI=1S/C21H24N2O5/c1-4-27-17-12-10-16(11-13-17)22-20(25)14-23(15(3)24)19-9-7-6-8-18(19)21(26)28-5-2/h6-13H,4-5,14H2,1-3H3,(H,22,25). The van der Waals surface area contributed by atoms with Crippen LogP contribution in [-0.4, -0.2) is 37.5 Å². The predicted molar refractivity (Wildman–Crippen MR) is 107 cm³/mol. The quantitative estimate of drug-likeness (QED) is 0.706. The van der Waals surface area contributed by atoms with Gasteiger partial charge in [0.15, 0.2) is 0 Å². The topological polar surface area (TPSA) is 84.9 Å². The molecule has 2 rings (SSSR count). The van der Waals surface area contributed by atoms with E-state index >= 15 is 0 Å². The lowest BCUT2D eigenvalue weighted by molar-refractivity contribution is -0.120. The third kappa shape index (κ3) is 5.57. The molecule has 0 bridgehead atoms. The molecule has 0 radical (unpaired) electrons. The van der Waals surface area contributed by atoms with E-state index in [0.29, 0.717) is 23.7 Å². The number of para-hydroxylation sites is 1. The zero-order chi connectivity index (χ0) is 20.5. The zero-order valence-electron chi connectivity index (χ0n) is 16.2. The normalized spacial score (nSPS) is 10.1. The monoisotopic (exact) mass is 384 g/mol. The van der Waals surface area contributed by atoms with Gasteiger partial charge in [0.2, 0.25) is 11.8 Å². The van der Waals surface area contributed by atoms with Gasteiger partial charge in [0, 0.05) is 12.6 Å². The van der Waals surface area contributed by atoms with Crippen molar-refractivity contribution >= 4 is 29.2 Å². The van der Waals surface area contributed by atoms with E-state index in [2.05, 4.69) is 5.32 Å². The number of hydrogen-bond donors (Lipinski definition) is 1. The third-order valence-electron chi connectivity index (χ3n) is 3.82. The molecule has 2 aromatic rings. The molecule has 1 N–H and O–H groups in total. The van der Waals surface area contributed by atoms with Crippen molar-refractivity contribution in [1.29, 1.82) is 0 Å². The Labute approximate surface area is 164 Å². The van der Waals surface area contributed by atoms with Crippen LogP contribution in [0.1, 0.15) is 31.1 Å². The van der Waals surface area contributed by atoms with Gasteiger partial charge >= 0.3 is 5.97 Å². The summed E-state index contributed by atoms with van der Waals surface area (Å²) < 4.78 is 10.4. The maximum absolute atomic E-state index is 12.5. The summed E-state index contributed by atoms with van der Waals surface area (Å²) in [6.45, 7) is 5.46. The summed E-state index contributed by atoms with van der Waals surface area (Å²) in [7, 11) is 0. The largest absolute Gasteiger partial charge is 0.494 e. The smallest absolute Gasteiger partial charge is 0.340 e. The van der Waals surface area contributed by atoms with E-state index in [1.165, 1.54) is 11.8 Å². The van der Waals surface area contributed by atoms with E-state index in [9.17, 15) is 14.4 Å². The van der Waals surface area contributed by atoms with Gasteiger partial charge in [-0.25, -0.2) is 4.79 Å². The molecule has 0 saturated heterocycles. The molecule has 7 nitrogen and oxygen atoms in total. The van der Waals surface area contributed by atoms with E-state index in [1.54, 1.807) is 55.5 Å². The maximum atomic E-state index is 12.5. The highest BCUT2D eigenvalue weighted by molar-refractivity contribution is 6.06. The second kappa shape index (κ2) is 10.1. The van der Waals surface area contributed by atoms with Gasteiger partial charge in [-0.15, -0.1) is 0 Å². The number of rotatable bonds is 8. The van der Waals surface area contributed by atoms with Gasteiger partial charge in [0.1, 0.15) is 12.3 Å². The second-order valence-corrected chi connectivity index (χ2v) is 5.85. The summed E-state index contributed by atoms with van der Waals surface area (Å²) in [5, 5.41) is 2.74. The van der Waals surface area contributed by atoms with Gasteiger partial charge in [-0.3, -0.25) is 9.59 Å². The molecule has 0 atom stereocenters. The highest BCUT2D eigenvalue weighted by Gasteiger charge is 2.22. The molecule has 0 heterocycles. The number of ether oxygens (including phenoxy) is 2. The van der Waals surface area contributed by atoms with Gasteiger partial charge in [0.25, 0.3) is 0 Å². The van der Waals surface area contributed by atoms with Crippen molar-refractivity contribution < 1.29 is 23.9 Å². The number of esters is 1. The van der Waals surface area contributed by atoms with Crippen LogP contribution in [0.4, 0.5) is 11.4 Å². The SMILES string of the molecule is CCOC(=O)c1ccccc1N(CC(=O)Nc1ccc(OCC)cc1)C(C)=O. The Hall–Kier alpha value is -3.35.